The van der Waals surface area contributed by atoms with Crippen LogP contribution in [0.25, 0.3) is 10.9 Å². The van der Waals surface area contributed by atoms with Gasteiger partial charge in [-0.3, -0.25) is 0 Å². The molecule has 1 saturated heterocycles. The Kier molecular flexibility index (Phi) is 5.67. The first-order chi connectivity index (χ1) is 14.2. The van der Waals surface area contributed by atoms with Crippen molar-refractivity contribution in [1.82, 2.24) is 15.3 Å². The number of anilines is 2. The zero-order valence-corrected chi connectivity index (χ0v) is 17.2. The molecule has 0 amide bonds. The molecule has 0 spiro atoms. The Morgan fingerprint density at radius 1 is 1.03 bits per heavy atom. The average molecular weight is 393 g/mol. The molecule has 7 nitrogen and oxygen atoms in total. The van der Waals surface area contributed by atoms with Crippen LogP contribution in [0.4, 0.5) is 11.8 Å². The van der Waals surface area contributed by atoms with Crippen LogP contribution >= 0.6 is 0 Å². The molecule has 7 heteroatoms. The number of aromatic nitrogens is 2. The molecule has 1 aromatic heterocycles. The van der Waals surface area contributed by atoms with Gasteiger partial charge in [0.1, 0.15) is 12.4 Å². The summed E-state index contributed by atoms with van der Waals surface area (Å²) < 4.78 is 11.7. The third-order valence-corrected chi connectivity index (χ3v) is 5.00. The van der Waals surface area contributed by atoms with E-state index in [0.29, 0.717) is 24.1 Å². The minimum Gasteiger partial charge on any atom is -0.493 e. The molecule has 1 aliphatic heterocycles. The maximum absolute atomic E-state index is 6.09. The lowest BCUT2D eigenvalue weighted by atomic mass is 10.2. The standard InChI is InChI=1S/C22H27N5O2/c1-26(2)22-24-18-14-20(29-15-16-7-5-4-6-8-16)19(28-3)13-17(18)21(25-22)27-11-9-23-10-12-27/h4-8,13-14,23H,9-12,15H2,1-3H3. The molecule has 1 N–H and O–H groups in total. The Morgan fingerprint density at radius 2 is 1.79 bits per heavy atom. The van der Waals surface area contributed by atoms with Crippen LogP contribution in [-0.2, 0) is 6.61 Å². The lowest BCUT2D eigenvalue weighted by molar-refractivity contribution is 0.285. The molecular weight excluding hydrogens is 366 g/mol. The van der Waals surface area contributed by atoms with E-state index < -0.39 is 0 Å². The van der Waals surface area contributed by atoms with Crippen molar-refractivity contribution in [3.05, 3.63) is 48.0 Å². The number of nitrogens with one attached hydrogen (secondary N) is 1. The minimum atomic E-state index is 0.471. The Bertz CT molecular complexity index is 972. The summed E-state index contributed by atoms with van der Waals surface area (Å²) in [6.45, 7) is 4.18. The zero-order chi connectivity index (χ0) is 20.2. The molecule has 2 heterocycles. The maximum atomic E-state index is 6.09. The zero-order valence-electron chi connectivity index (χ0n) is 17.2. The number of piperazine rings is 1. The van der Waals surface area contributed by atoms with Crippen molar-refractivity contribution in [3.8, 4) is 11.5 Å². The van der Waals surface area contributed by atoms with Gasteiger partial charge in [0.05, 0.1) is 12.6 Å². The van der Waals surface area contributed by atoms with Crippen molar-refractivity contribution >= 4 is 22.7 Å². The summed E-state index contributed by atoms with van der Waals surface area (Å²) in [5.41, 5.74) is 1.95. The molecule has 0 bridgehead atoms. The fourth-order valence-corrected chi connectivity index (χ4v) is 3.43. The van der Waals surface area contributed by atoms with Crippen molar-refractivity contribution in [2.24, 2.45) is 0 Å². The Balaban J connectivity index is 1.76. The summed E-state index contributed by atoms with van der Waals surface area (Å²) in [5, 5.41) is 4.37. The average Bonchev–Trinajstić information content (AvgIpc) is 2.77. The van der Waals surface area contributed by atoms with Crippen molar-refractivity contribution in [1.29, 1.82) is 0 Å². The maximum Gasteiger partial charge on any atom is 0.227 e. The Morgan fingerprint density at radius 3 is 2.48 bits per heavy atom. The predicted molar refractivity (Wildman–Crippen MR) is 116 cm³/mol. The SMILES string of the molecule is COc1cc2c(N3CCNCC3)nc(N(C)C)nc2cc1OCc1ccccc1. The number of methoxy groups -OCH3 is 1. The van der Waals surface area contributed by atoms with E-state index in [9.17, 15) is 0 Å². The van der Waals surface area contributed by atoms with Crippen LogP contribution in [-0.4, -0.2) is 57.4 Å². The number of rotatable bonds is 6. The lowest BCUT2D eigenvalue weighted by Gasteiger charge is -2.30. The topological polar surface area (TPSA) is 62.8 Å². The second-order valence-corrected chi connectivity index (χ2v) is 7.27. The fourth-order valence-electron chi connectivity index (χ4n) is 3.43. The summed E-state index contributed by atoms with van der Waals surface area (Å²) in [7, 11) is 5.58. The van der Waals surface area contributed by atoms with Gasteiger partial charge >= 0.3 is 0 Å². The molecule has 152 valence electrons. The highest BCUT2D eigenvalue weighted by atomic mass is 16.5. The predicted octanol–water partition coefficient (Wildman–Crippen LogP) is 2.69. The van der Waals surface area contributed by atoms with E-state index in [1.165, 1.54) is 0 Å². The smallest absolute Gasteiger partial charge is 0.227 e. The molecule has 0 atom stereocenters. The lowest BCUT2D eigenvalue weighted by Crippen LogP contribution is -2.44. The van der Waals surface area contributed by atoms with Gasteiger partial charge in [-0.25, -0.2) is 4.98 Å². The van der Waals surface area contributed by atoms with Gasteiger partial charge in [0.25, 0.3) is 0 Å². The van der Waals surface area contributed by atoms with E-state index in [2.05, 4.69) is 10.2 Å². The van der Waals surface area contributed by atoms with E-state index in [1.807, 2.05) is 61.5 Å². The van der Waals surface area contributed by atoms with E-state index in [0.717, 1.165) is 48.5 Å². The quantitative estimate of drug-likeness (QED) is 0.691. The van der Waals surface area contributed by atoms with Crippen LogP contribution in [0.2, 0.25) is 0 Å². The van der Waals surface area contributed by atoms with Crippen molar-refractivity contribution in [2.45, 2.75) is 6.61 Å². The summed E-state index contributed by atoms with van der Waals surface area (Å²) in [4.78, 5) is 13.8. The highest BCUT2D eigenvalue weighted by molar-refractivity contribution is 5.93. The molecule has 0 radical (unpaired) electrons. The Hall–Kier alpha value is -3.06. The van der Waals surface area contributed by atoms with Gasteiger partial charge in [-0.05, 0) is 11.6 Å². The molecular formula is C22H27N5O2. The summed E-state index contributed by atoms with van der Waals surface area (Å²) in [6.07, 6.45) is 0. The normalized spacial score (nSPS) is 14.1. The van der Waals surface area contributed by atoms with E-state index in [4.69, 9.17) is 19.4 Å². The van der Waals surface area contributed by atoms with Gasteiger partial charge in [-0.1, -0.05) is 30.3 Å². The molecule has 3 aromatic rings. The van der Waals surface area contributed by atoms with Crippen molar-refractivity contribution in [2.75, 3.05) is 57.2 Å². The second-order valence-electron chi connectivity index (χ2n) is 7.27. The highest BCUT2D eigenvalue weighted by Gasteiger charge is 2.20. The minimum absolute atomic E-state index is 0.471. The van der Waals surface area contributed by atoms with Gasteiger partial charge < -0.3 is 24.6 Å². The van der Waals surface area contributed by atoms with Gasteiger partial charge in [-0.15, -0.1) is 0 Å². The highest BCUT2D eigenvalue weighted by Crippen LogP contribution is 2.36. The molecule has 2 aromatic carbocycles. The molecule has 0 unspecified atom stereocenters. The summed E-state index contributed by atoms with van der Waals surface area (Å²) >= 11 is 0. The number of ether oxygens (including phenoxy) is 2. The summed E-state index contributed by atoms with van der Waals surface area (Å²) in [6, 6.07) is 14.0. The number of hydrogen-bond acceptors (Lipinski definition) is 7. The van der Waals surface area contributed by atoms with Crippen LogP contribution < -0.4 is 24.6 Å². The molecule has 1 aliphatic rings. The van der Waals surface area contributed by atoms with E-state index >= 15 is 0 Å². The monoisotopic (exact) mass is 393 g/mol. The van der Waals surface area contributed by atoms with Gasteiger partial charge in [0.15, 0.2) is 11.5 Å². The number of benzene rings is 2. The summed E-state index contributed by atoms with van der Waals surface area (Å²) in [5.74, 6) is 2.99. The second kappa shape index (κ2) is 8.53. The van der Waals surface area contributed by atoms with Gasteiger partial charge in [0.2, 0.25) is 5.95 Å². The van der Waals surface area contributed by atoms with E-state index in [1.54, 1.807) is 7.11 Å². The fraction of sp³-hybridized carbons (Fsp3) is 0.364. The third-order valence-electron chi connectivity index (χ3n) is 5.00. The van der Waals surface area contributed by atoms with Crippen LogP contribution in [0.5, 0.6) is 11.5 Å². The third kappa shape index (κ3) is 4.19. The molecule has 29 heavy (non-hydrogen) atoms. The molecule has 0 aliphatic carbocycles. The van der Waals surface area contributed by atoms with Crippen LogP contribution in [0, 0.1) is 0 Å². The van der Waals surface area contributed by atoms with Gasteiger partial charge in [0, 0.05) is 51.7 Å². The number of fused-ring (bicyclic) bond motifs is 1. The molecule has 4 rings (SSSR count). The van der Waals surface area contributed by atoms with Gasteiger partial charge in [-0.2, -0.15) is 4.98 Å². The number of hydrogen-bond donors (Lipinski definition) is 1. The first kappa shape index (κ1) is 19.3. The van der Waals surface area contributed by atoms with Crippen LogP contribution in [0.3, 0.4) is 0 Å². The van der Waals surface area contributed by atoms with Crippen molar-refractivity contribution < 1.29 is 9.47 Å². The molecule has 0 saturated carbocycles. The Labute approximate surface area is 171 Å². The largest absolute Gasteiger partial charge is 0.493 e. The van der Waals surface area contributed by atoms with Crippen LogP contribution in [0.1, 0.15) is 5.56 Å². The number of nitrogens with zero attached hydrogens (tertiary/aromatic N) is 4. The first-order valence-electron chi connectivity index (χ1n) is 9.85. The first-order valence-corrected chi connectivity index (χ1v) is 9.85. The van der Waals surface area contributed by atoms with E-state index in [-0.39, 0.29) is 0 Å². The van der Waals surface area contributed by atoms with Crippen molar-refractivity contribution in [3.63, 3.8) is 0 Å². The van der Waals surface area contributed by atoms with Crippen LogP contribution in [0.15, 0.2) is 42.5 Å². The molecule has 1 fully saturated rings.